The minimum Gasteiger partial charge on any atom is -0.389 e. The summed E-state index contributed by atoms with van der Waals surface area (Å²) in [6.07, 6.45) is -0.902. The van der Waals surface area contributed by atoms with Crippen molar-refractivity contribution < 1.29 is 19.0 Å². The molecule has 3 aromatic rings. The molecule has 0 bridgehead atoms. The van der Waals surface area contributed by atoms with Gasteiger partial charge in [-0.05, 0) is 24.3 Å². The van der Waals surface area contributed by atoms with Crippen molar-refractivity contribution >= 4 is 34.0 Å². The molecule has 0 aliphatic carbocycles. The molecule has 0 saturated carbocycles. The second kappa shape index (κ2) is 7.27. The number of hydrogen-bond donors (Lipinski definition) is 1. The number of rotatable bonds is 6. The van der Waals surface area contributed by atoms with E-state index in [0.29, 0.717) is 16.1 Å². The maximum Gasteiger partial charge on any atom is 0.259 e. The van der Waals surface area contributed by atoms with Crippen molar-refractivity contribution in [3.8, 4) is 0 Å². The summed E-state index contributed by atoms with van der Waals surface area (Å²) in [5.74, 6) is -0.522. The lowest BCUT2D eigenvalue weighted by atomic mass is 10.1. The van der Waals surface area contributed by atoms with Crippen LogP contribution in [0.2, 0.25) is 5.02 Å². The van der Waals surface area contributed by atoms with E-state index in [4.69, 9.17) is 16.3 Å². The van der Waals surface area contributed by atoms with Gasteiger partial charge in [0, 0.05) is 26.9 Å². The van der Waals surface area contributed by atoms with Crippen molar-refractivity contribution in [3.05, 3.63) is 76.6 Å². The van der Waals surface area contributed by atoms with E-state index in [-0.39, 0.29) is 31.5 Å². The molecule has 1 aliphatic rings. The maximum atomic E-state index is 13.6. The molecule has 4 rings (SSSR count). The van der Waals surface area contributed by atoms with Gasteiger partial charge >= 0.3 is 0 Å². The van der Waals surface area contributed by atoms with E-state index in [1.165, 1.54) is 11.0 Å². The Morgan fingerprint density at radius 3 is 2.74 bits per heavy atom. The standard InChI is InChI=1S/C21H17ClFNO3/c22-17-8-9-19-20-15(17)5-3-6-16(20)21(26)24(19)10-14(25)12-27-11-13-4-1-2-7-18(13)23/h1-9,14,25H,10-12H2/t14-/m1/s1. The van der Waals surface area contributed by atoms with Gasteiger partial charge in [0.2, 0.25) is 0 Å². The predicted octanol–water partition coefficient (Wildman–Crippen LogP) is 4.17. The van der Waals surface area contributed by atoms with Crippen LogP contribution in [-0.4, -0.2) is 30.3 Å². The highest BCUT2D eigenvalue weighted by molar-refractivity contribution is 6.38. The summed E-state index contributed by atoms with van der Waals surface area (Å²) in [6, 6.07) is 15.3. The van der Waals surface area contributed by atoms with Crippen LogP contribution in [0.5, 0.6) is 0 Å². The molecule has 3 aromatic carbocycles. The van der Waals surface area contributed by atoms with E-state index >= 15 is 0 Å². The monoisotopic (exact) mass is 385 g/mol. The van der Waals surface area contributed by atoms with Crippen LogP contribution in [0.4, 0.5) is 10.1 Å². The van der Waals surface area contributed by atoms with E-state index in [1.54, 1.807) is 42.5 Å². The van der Waals surface area contributed by atoms with Crippen molar-refractivity contribution in [1.82, 2.24) is 0 Å². The Balaban J connectivity index is 1.45. The molecule has 27 heavy (non-hydrogen) atoms. The van der Waals surface area contributed by atoms with Crippen LogP contribution in [0, 0.1) is 5.82 Å². The highest BCUT2D eigenvalue weighted by Crippen LogP contribution is 2.40. The topological polar surface area (TPSA) is 49.8 Å². The highest BCUT2D eigenvalue weighted by atomic mass is 35.5. The zero-order chi connectivity index (χ0) is 19.0. The Morgan fingerprint density at radius 2 is 1.93 bits per heavy atom. The zero-order valence-electron chi connectivity index (χ0n) is 14.4. The second-order valence-electron chi connectivity index (χ2n) is 6.47. The smallest absolute Gasteiger partial charge is 0.259 e. The molecule has 0 unspecified atom stereocenters. The largest absolute Gasteiger partial charge is 0.389 e. The third-order valence-electron chi connectivity index (χ3n) is 4.65. The molecule has 1 amide bonds. The summed E-state index contributed by atoms with van der Waals surface area (Å²) in [5, 5.41) is 12.5. The molecule has 138 valence electrons. The molecular formula is C21H17ClFNO3. The fraction of sp³-hybridized carbons (Fsp3) is 0.190. The number of hydrogen-bond acceptors (Lipinski definition) is 3. The fourth-order valence-electron chi connectivity index (χ4n) is 3.38. The molecule has 4 nitrogen and oxygen atoms in total. The average Bonchev–Trinajstić information content (AvgIpc) is 2.93. The Morgan fingerprint density at radius 1 is 1.11 bits per heavy atom. The van der Waals surface area contributed by atoms with Crippen molar-refractivity contribution in [2.45, 2.75) is 12.7 Å². The van der Waals surface area contributed by atoms with E-state index in [0.717, 1.165) is 16.5 Å². The zero-order valence-corrected chi connectivity index (χ0v) is 15.1. The molecule has 0 fully saturated rings. The molecule has 1 N–H and O–H groups in total. The lowest BCUT2D eigenvalue weighted by Crippen LogP contribution is -2.37. The van der Waals surface area contributed by atoms with Crippen molar-refractivity contribution in [3.63, 3.8) is 0 Å². The number of aliphatic hydroxyl groups excluding tert-OH is 1. The van der Waals surface area contributed by atoms with Gasteiger partial charge in [0.05, 0.1) is 31.5 Å². The van der Waals surface area contributed by atoms with Crippen LogP contribution in [0.25, 0.3) is 10.8 Å². The second-order valence-corrected chi connectivity index (χ2v) is 6.88. The molecule has 1 aliphatic heterocycles. The Hall–Kier alpha value is -2.47. The maximum absolute atomic E-state index is 13.6. The normalized spacial score (nSPS) is 14.2. The molecular weight excluding hydrogens is 369 g/mol. The van der Waals surface area contributed by atoms with E-state index in [2.05, 4.69) is 0 Å². The number of nitrogens with zero attached hydrogens (tertiary/aromatic N) is 1. The predicted molar refractivity (Wildman–Crippen MR) is 103 cm³/mol. The quantitative estimate of drug-likeness (QED) is 0.692. The van der Waals surface area contributed by atoms with Gasteiger partial charge in [-0.1, -0.05) is 41.9 Å². The summed E-state index contributed by atoms with van der Waals surface area (Å²) in [5.41, 5.74) is 1.72. The third kappa shape index (κ3) is 3.30. The van der Waals surface area contributed by atoms with Gasteiger partial charge in [0.15, 0.2) is 0 Å². The Bertz CT molecular complexity index is 1020. The number of benzene rings is 3. The Kier molecular flexibility index (Phi) is 4.83. The fourth-order valence-corrected chi connectivity index (χ4v) is 3.60. The van der Waals surface area contributed by atoms with Crippen molar-refractivity contribution in [2.75, 3.05) is 18.1 Å². The number of aliphatic hydroxyl groups is 1. The first-order chi connectivity index (χ1) is 13.1. The molecule has 0 saturated heterocycles. The molecule has 1 atom stereocenters. The number of carbonyl (C=O) groups is 1. The molecule has 0 aromatic heterocycles. The first-order valence-corrected chi connectivity index (χ1v) is 8.96. The van der Waals surface area contributed by atoms with E-state index in [9.17, 15) is 14.3 Å². The van der Waals surface area contributed by atoms with Crippen LogP contribution in [-0.2, 0) is 11.3 Å². The number of anilines is 1. The van der Waals surface area contributed by atoms with Gasteiger partial charge in [-0.2, -0.15) is 0 Å². The van der Waals surface area contributed by atoms with E-state index < -0.39 is 6.10 Å². The van der Waals surface area contributed by atoms with Crippen LogP contribution < -0.4 is 4.90 Å². The lowest BCUT2D eigenvalue weighted by molar-refractivity contribution is 0.0307. The van der Waals surface area contributed by atoms with Crippen LogP contribution >= 0.6 is 11.6 Å². The van der Waals surface area contributed by atoms with Gasteiger partial charge in [-0.25, -0.2) is 4.39 Å². The van der Waals surface area contributed by atoms with Crippen molar-refractivity contribution in [1.29, 1.82) is 0 Å². The summed E-state index contributed by atoms with van der Waals surface area (Å²) in [4.78, 5) is 14.3. The average molecular weight is 386 g/mol. The number of carbonyl (C=O) groups excluding carboxylic acids is 1. The lowest BCUT2D eigenvalue weighted by Gasteiger charge is -2.21. The van der Waals surface area contributed by atoms with Crippen LogP contribution in [0.15, 0.2) is 54.6 Å². The summed E-state index contributed by atoms with van der Waals surface area (Å²) >= 11 is 6.24. The minimum absolute atomic E-state index is 0.00874. The summed E-state index contributed by atoms with van der Waals surface area (Å²) in [7, 11) is 0. The first-order valence-electron chi connectivity index (χ1n) is 8.58. The van der Waals surface area contributed by atoms with Gasteiger partial charge in [0.25, 0.3) is 5.91 Å². The number of ether oxygens (including phenoxy) is 1. The summed E-state index contributed by atoms with van der Waals surface area (Å²) < 4.78 is 19.0. The number of halogens is 2. The molecule has 0 spiro atoms. The Labute approximate surface area is 160 Å². The van der Waals surface area contributed by atoms with Crippen LogP contribution in [0.3, 0.4) is 0 Å². The number of β-amino-alcohol motifs (C(OH)–C–C–N with tert-alkyl or cyclic N) is 1. The van der Waals surface area contributed by atoms with Crippen LogP contribution in [0.1, 0.15) is 15.9 Å². The molecule has 1 heterocycles. The first kappa shape index (κ1) is 17.9. The van der Waals surface area contributed by atoms with Gasteiger partial charge in [0.1, 0.15) is 5.82 Å². The SMILES string of the molecule is O=C1c2cccc3c(Cl)ccc(c23)N1C[C@@H](O)COCc1ccccc1F. The van der Waals surface area contributed by atoms with Gasteiger partial charge < -0.3 is 14.7 Å². The van der Waals surface area contributed by atoms with Gasteiger partial charge in [-0.3, -0.25) is 4.79 Å². The molecule has 0 radical (unpaired) electrons. The van der Waals surface area contributed by atoms with Crippen molar-refractivity contribution in [2.24, 2.45) is 0 Å². The van der Waals surface area contributed by atoms with E-state index in [1.807, 2.05) is 6.07 Å². The summed E-state index contributed by atoms with van der Waals surface area (Å²) in [6.45, 7) is 0.135. The highest BCUT2D eigenvalue weighted by Gasteiger charge is 2.31. The number of amides is 1. The van der Waals surface area contributed by atoms with Gasteiger partial charge in [-0.15, -0.1) is 0 Å². The minimum atomic E-state index is -0.902. The third-order valence-corrected chi connectivity index (χ3v) is 4.98. The molecule has 6 heteroatoms.